The molecule has 1 aliphatic rings. The molecule has 0 aromatic heterocycles. The number of hydrogen-bond donors (Lipinski definition) is 2. The van der Waals surface area contributed by atoms with Crippen molar-refractivity contribution in [3.8, 4) is 0 Å². The Kier molecular flexibility index (Phi) is 4.35. The standard InChI is InChI=1S/C10H19NO3/c1-2-4-9(10(13)14)11-6-3-5-8(11)7-12/h8-9,12H,2-7H2,1H3,(H,13,14). The monoisotopic (exact) mass is 201 g/mol. The Hall–Kier alpha value is -0.610. The molecule has 2 N–H and O–H groups in total. The third kappa shape index (κ3) is 2.45. The first-order valence-electron chi connectivity index (χ1n) is 5.30. The zero-order valence-corrected chi connectivity index (χ0v) is 8.65. The number of aliphatic hydroxyl groups is 1. The molecule has 0 amide bonds. The molecule has 0 aromatic carbocycles. The first-order valence-corrected chi connectivity index (χ1v) is 5.30. The van der Waals surface area contributed by atoms with Crippen LogP contribution in [0.15, 0.2) is 0 Å². The molecule has 1 heterocycles. The van der Waals surface area contributed by atoms with Gasteiger partial charge >= 0.3 is 5.97 Å². The lowest BCUT2D eigenvalue weighted by atomic mass is 10.1. The maximum atomic E-state index is 11.0. The minimum Gasteiger partial charge on any atom is -0.480 e. The van der Waals surface area contributed by atoms with Crippen LogP contribution in [0.3, 0.4) is 0 Å². The molecule has 2 unspecified atom stereocenters. The first-order chi connectivity index (χ1) is 6.70. The van der Waals surface area contributed by atoms with E-state index in [-0.39, 0.29) is 12.6 Å². The lowest BCUT2D eigenvalue weighted by molar-refractivity contribution is -0.144. The second-order valence-corrected chi connectivity index (χ2v) is 3.86. The highest BCUT2D eigenvalue weighted by Crippen LogP contribution is 2.22. The molecule has 1 saturated heterocycles. The lowest BCUT2D eigenvalue weighted by Gasteiger charge is -2.28. The van der Waals surface area contributed by atoms with Gasteiger partial charge in [-0.1, -0.05) is 13.3 Å². The highest BCUT2D eigenvalue weighted by molar-refractivity contribution is 5.73. The minimum absolute atomic E-state index is 0.0580. The molecule has 0 radical (unpaired) electrons. The summed E-state index contributed by atoms with van der Waals surface area (Å²) in [6.07, 6.45) is 3.46. The number of hydrogen-bond acceptors (Lipinski definition) is 3. The topological polar surface area (TPSA) is 60.8 Å². The van der Waals surface area contributed by atoms with Crippen molar-refractivity contribution in [1.82, 2.24) is 4.90 Å². The van der Waals surface area contributed by atoms with E-state index in [2.05, 4.69) is 0 Å². The van der Waals surface area contributed by atoms with Crippen molar-refractivity contribution in [3.05, 3.63) is 0 Å². The zero-order chi connectivity index (χ0) is 10.6. The summed E-state index contributed by atoms with van der Waals surface area (Å²) in [4.78, 5) is 13.0. The van der Waals surface area contributed by atoms with Gasteiger partial charge in [-0.15, -0.1) is 0 Å². The Morgan fingerprint density at radius 2 is 2.36 bits per heavy atom. The highest BCUT2D eigenvalue weighted by Gasteiger charge is 2.33. The number of carboxylic acids is 1. The summed E-state index contributed by atoms with van der Waals surface area (Å²) in [6.45, 7) is 2.87. The molecule has 0 saturated carbocycles. The molecule has 4 nitrogen and oxygen atoms in total. The highest BCUT2D eigenvalue weighted by atomic mass is 16.4. The van der Waals surface area contributed by atoms with Gasteiger partial charge in [0.15, 0.2) is 0 Å². The fourth-order valence-corrected chi connectivity index (χ4v) is 2.17. The van der Waals surface area contributed by atoms with Crippen molar-refractivity contribution >= 4 is 5.97 Å². The van der Waals surface area contributed by atoms with E-state index in [1.54, 1.807) is 0 Å². The Morgan fingerprint density at radius 3 is 2.86 bits per heavy atom. The van der Waals surface area contributed by atoms with Crippen LogP contribution in [0.4, 0.5) is 0 Å². The van der Waals surface area contributed by atoms with Crippen molar-refractivity contribution in [3.63, 3.8) is 0 Å². The number of rotatable bonds is 5. The van der Waals surface area contributed by atoms with Crippen molar-refractivity contribution in [2.45, 2.75) is 44.7 Å². The average Bonchev–Trinajstić information content (AvgIpc) is 2.61. The van der Waals surface area contributed by atoms with Crippen LogP contribution in [0.5, 0.6) is 0 Å². The largest absolute Gasteiger partial charge is 0.480 e. The Bertz CT molecular complexity index is 196. The van der Waals surface area contributed by atoms with E-state index in [4.69, 9.17) is 10.2 Å². The van der Waals surface area contributed by atoms with Gasteiger partial charge in [-0.05, 0) is 25.8 Å². The molecular weight excluding hydrogens is 182 g/mol. The number of aliphatic carboxylic acids is 1. The Morgan fingerprint density at radius 1 is 1.64 bits per heavy atom. The predicted octanol–water partition coefficient (Wildman–Crippen LogP) is 0.696. The molecule has 1 rings (SSSR count). The summed E-state index contributed by atoms with van der Waals surface area (Å²) in [5.74, 6) is -0.757. The fraction of sp³-hybridized carbons (Fsp3) is 0.900. The first kappa shape index (κ1) is 11.5. The molecule has 14 heavy (non-hydrogen) atoms. The smallest absolute Gasteiger partial charge is 0.320 e. The van der Waals surface area contributed by atoms with Gasteiger partial charge in [0.2, 0.25) is 0 Å². The summed E-state index contributed by atoms with van der Waals surface area (Å²) >= 11 is 0. The van der Waals surface area contributed by atoms with Crippen LogP contribution in [0.2, 0.25) is 0 Å². The Balaban J connectivity index is 2.61. The van der Waals surface area contributed by atoms with E-state index >= 15 is 0 Å². The fourth-order valence-electron chi connectivity index (χ4n) is 2.17. The van der Waals surface area contributed by atoms with Gasteiger partial charge in [0.05, 0.1) is 6.61 Å². The third-order valence-corrected chi connectivity index (χ3v) is 2.88. The molecule has 0 aliphatic carbocycles. The van der Waals surface area contributed by atoms with E-state index in [9.17, 15) is 4.79 Å². The minimum atomic E-state index is -0.757. The van der Waals surface area contributed by atoms with Crippen LogP contribution in [-0.2, 0) is 4.79 Å². The summed E-state index contributed by atoms with van der Waals surface area (Å²) in [5.41, 5.74) is 0. The van der Waals surface area contributed by atoms with E-state index in [0.717, 1.165) is 25.8 Å². The van der Waals surface area contributed by atoms with Crippen LogP contribution in [0, 0.1) is 0 Å². The van der Waals surface area contributed by atoms with Crippen LogP contribution < -0.4 is 0 Å². The molecule has 1 aliphatic heterocycles. The second-order valence-electron chi connectivity index (χ2n) is 3.86. The summed E-state index contributed by atoms with van der Waals surface area (Å²) in [6, 6.07) is -0.345. The Labute approximate surface area is 84.5 Å². The van der Waals surface area contributed by atoms with Crippen LogP contribution in [0.1, 0.15) is 32.6 Å². The molecule has 82 valence electrons. The molecule has 0 aromatic rings. The van der Waals surface area contributed by atoms with E-state index in [1.807, 2.05) is 11.8 Å². The number of likely N-dealkylation sites (tertiary alicyclic amines) is 1. The van der Waals surface area contributed by atoms with Crippen molar-refractivity contribution in [2.75, 3.05) is 13.2 Å². The van der Waals surface area contributed by atoms with Gasteiger partial charge in [-0.2, -0.15) is 0 Å². The van der Waals surface area contributed by atoms with Gasteiger partial charge in [0.25, 0.3) is 0 Å². The average molecular weight is 201 g/mol. The molecule has 1 fully saturated rings. The maximum absolute atomic E-state index is 11.0. The number of aliphatic hydroxyl groups excluding tert-OH is 1. The molecular formula is C10H19NO3. The number of nitrogens with zero attached hydrogens (tertiary/aromatic N) is 1. The third-order valence-electron chi connectivity index (χ3n) is 2.88. The number of carbonyl (C=O) groups is 1. The van der Waals surface area contributed by atoms with Crippen LogP contribution >= 0.6 is 0 Å². The summed E-state index contributed by atoms with van der Waals surface area (Å²) in [7, 11) is 0. The molecule has 4 heteroatoms. The maximum Gasteiger partial charge on any atom is 0.320 e. The van der Waals surface area contributed by atoms with Gasteiger partial charge in [-0.3, -0.25) is 9.69 Å². The van der Waals surface area contributed by atoms with Gasteiger partial charge in [0, 0.05) is 6.04 Å². The lowest BCUT2D eigenvalue weighted by Crippen LogP contribution is -2.45. The molecule has 0 spiro atoms. The molecule has 2 atom stereocenters. The van der Waals surface area contributed by atoms with Gasteiger partial charge in [0.1, 0.15) is 6.04 Å². The summed E-state index contributed by atoms with van der Waals surface area (Å²) in [5, 5.41) is 18.2. The second kappa shape index (κ2) is 5.32. The van der Waals surface area contributed by atoms with Gasteiger partial charge in [-0.25, -0.2) is 0 Å². The predicted molar refractivity (Wildman–Crippen MR) is 53.1 cm³/mol. The van der Waals surface area contributed by atoms with E-state index < -0.39 is 12.0 Å². The van der Waals surface area contributed by atoms with Crippen molar-refractivity contribution in [1.29, 1.82) is 0 Å². The normalized spacial score (nSPS) is 25.1. The van der Waals surface area contributed by atoms with Gasteiger partial charge < -0.3 is 10.2 Å². The van der Waals surface area contributed by atoms with Crippen LogP contribution in [-0.4, -0.2) is 46.3 Å². The molecule has 0 bridgehead atoms. The van der Waals surface area contributed by atoms with E-state index in [1.165, 1.54) is 0 Å². The quantitative estimate of drug-likeness (QED) is 0.687. The zero-order valence-electron chi connectivity index (χ0n) is 8.65. The van der Waals surface area contributed by atoms with E-state index in [0.29, 0.717) is 6.42 Å². The SMILES string of the molecule is CCCC(C(=O)O)N1CCCC1CO. The van der Waals surface area contributed by atoms with Crippen molar-refractivity contribution in [2.24, 2.45) is 0 Å². The number of carboxylic acid groups (broad SMARTS) is 1. The van der Waals surface area contributed by atoms with Crippen molar-refractivity contribution < 1.29 is 15.0 Å². The van der Waals surface area contributed by atoms with Crippen LogP contribution in [0.25, 0.3) is 0 Å². The summed E-state index contributed by atoms with van der Waals surface area (Å²) < 4.78 is 0.